The number of anilines is 1. The highest BCUT2D eigenvalue weighted by molar-refractivity contribution is 7.09. The average molecular weight is 251 g/mol. The predicted molar refractivity (Wildman–Crippen MR) is 69.1 cm³/mol. The fraction of sp³-hybridized carbons (Fsp3) is 0.545. The standard InChI is InChI=1S/C11H17N5S/c1-7-6-17-8(13-7)5-16-9(11(2,3)4)10(12)14-15-16/h6H,5,12H2,1-4H3. The third-order valence-electron chi connectivity index (χ3n) is 2.42. The number of nitrogen functional groups attached to an aromatic ring is 1. The third-order valence-corrected chi connectivity index (χ3v) is 3.37. The minimum absolute atomic E-state index is 0.0696. The zero-order valence-corrected chi connectivity index (χ0v) is 11.4. The maximum absolute atomic E-state index is 5.87. The van der Waals surface area contributed by atoms with Crippen LogP contribution in [0.3, 0.4) is 0 Å². The molecule has 6 heteroatoms. The molecule has 0 fully saturated rings. The summed E-state index contributed by atoms with van der Waals surface area (Å²) in [5, 5.41) is 11.1. The molecule has 0 aliphatic carbocycles. The number of nitrogens with zero attached hydrogens (tertiary/aromatic N) is 4. The molecule has 0 aromatic carbocycles. The molecule has 0 amide bonds. The van der Waals surface area contributed by atoms with Crippen LogP contribution in [0.4, 0.5) is 5.82 Å². The van der Waals surface area contributed by atoms with Crippen LogP contribution in [0.15, 0.2) is 5.38 Å². The Bertz CT molecular complexity index is 520. The molecule has 0 aliphatic heterocycles. The topological polar surface area (TPSA) is 69.6 Å². The summed E-state index contributed by atoms with van der Waals surface area (Å²) in [5.74, 6) is 0.505. The fourth-order valence-electron chi connectivity index (χ4n) is 1.81. The molecule has 2 N–H and O–H groups in total. The van der Waals surface area contributed by atoms with Crippen molar-refractivity contribution in [1.29, 1.82) is 0 Å². The molecule has 17 heavy (non-hydrogen) atoms. The van der Waals surface area contributed by atoms with Crippen LogP contribution in [0.5, 0.6) is 0 Å². The van der Waals surface area contributed by atoms with E-state index in [1.165, 1.54) is 0 Å². The highest BCUT2D eigenvalue weighted by Gasteiger charge is 2.24. The van der Waals surface area contributed by atoms with Crippen molar-refractivity contribution in [2.75, 3.05) is 5.73 Å². The zero-order chi connectivity index (χ0) is 12.6. The molecular formula is C11H17N5S. The molecule has 2 rings (SSSR count). The second-order valence-electron chi connectivity index (χ2n) is 5.11. The maximum atomic E-state index is 5.87. The van der Waals surface area contributed by atoms with Gasteiger partial charge in [0.05, 0.1) is 12.2 Å². The van der Waals surface area contributed by atoms with Crippen LogP contribution in [0.25, 0.3) is 0 Å². The van der Waals surface area contributed by atoms with Gasteiger partial charge in [0.1, 0.15) is 5.01 Å². The summed E-state index contributed by atoms with van der Waals surface area (Å²) in [4.78, 5) is 4.43. The average Bonchev–Trinajstić information content (AvgIpc) is 2.73. The second kappa shape index (κ2) is 4.10. The van der Waals surface area contributed by atoms with Gasteiger partial charge in [0.2, 0.25) is 0 Å². The first-order valence-corrected chi connectivity index (χ1v) is 6.36. The molecule has 0 unspecified atom stereocenters. The van der Waals surface area contributed by atoms with Crippen molar-refractivity contribution in [1.82, 2.24) is 20.0 Å². The number of hydrogen-bond acceptors (Lipinski definition) is 5. The van der Waals surface area contributed by atoms with Gasteiger partial charge in [-0.15, -0.1) is 16.4 Å². The largest absolute Gasteiger partial charge is 0.381 e. The van der Waals surface area contributed by atoms with E-state index < -0.39 is 0 Å². The van der Waals surface area contributed by atoms with Crippen molar-refractivity contribution >= 4 is 17.2 Å². The Hall–Kier alpha value is -1.43. The molecule has 92 valence electrons. The summed E-state index contributed by atoms with van der Waals surface area (Å²) in [5.41, 5.74) is 7.81. The van der Waals surface area contributed by atoms with E-state index in [1.54, 1.807) is 11.3 Å². The van der Waals surface area contributed by atoms with E-state index in [9.17, 15) is 0 Å². The first-order valence-electron chi connectivity index (χ1n) is 5.48. The smallest absolute Gasteiger partial charge is 0.169 e. The lowest BCUT2D eigenvalue weighted by Gasteiger charge is -2.19. The van der Waals surface area contributed by atoms with Gasteiger partial charge >= 0.3 is 0 Å². The molecule has 0 spiro atoms. The Kier molecular flexibility index (Phi) is 2.91. The Labute approximate surface area is 105 Å². The lowest BCUT2D eigenvalue weighted by Crippen LogP contribution is -2.20. The van der Waals surface area contributed by atoms with Gasteiger partial charge in [-0.05, 0) is 6.92 Å². The SMILES string of the molecule is Cc1csc(Cn2nnc(N)c2C(C)(C)C)n1. The minimum atomic E-state index is -0.0696. The van der Waals surface area contributed by atoms with Crippen LogP contribution in [-0.2, 0) is 12.0 Å². The molecule has 0 radical (unpaired) electrons. The Morgan fingerprint density at radius 3 is 2.65 bits per heavy atom. The predicted octanol–water partition coefficient (Wildman–Crippen LogP) is 1.97. The van der Waals surface area contributed by atoms with Crippen LogP contribution in [0, 0.1) is 6.92 Å². The van der Waals surface area contributed by atoms with Crippen molar-refractivity contribution in [2.45, 2.75) is 39.7 Å². The van der Waals surface area contributed by atoms with E-state index in [0.717, 1.165) is 16.4 Å². The van der Waals surface area contributed by atoms with Crippen LogP contribution in [0.2, 0.25) is 0 Å². The number of aromatic nitrogens is 4. The van der Waals surface area contributed by atoms with Gasteiger partial charge in [-0.25, -0.2) is 9.67 Å². The third kappa shape index (κ3) is 2.46. The van der Waals surface area contributed by atoms with E-state index in [-0.39, 0.29) is 5.41 Å². The number of thiazole rings is 1. The van der Waals surface area contributed by atoms with Crippen LogP contribution < -0.4 is 5.73 Å². The van der Waals surface area contributed by atoms with Gasteiger partial charge in [-0.1, -0.05) is 26.0 Å². The molecule has 0 saturated heterocycles. The van der Waals surface area contributed by atoms with Crippen LogP contribution >= 0.6 is 11.3 Å². The summed E-state index contributed by atoms with van der Waals surface area (Å²) >= 11 is 1.63. The number of rotatable bonds is 2. The minimum Gasteiger partial charge on any atom is -0.381 e. The van der Waals surface area contributed by atoms with E-state index in [4.69, 9.17) is 5.73 Å². The number of aryl methyl sites for hydroxylation is 1. The van der Waals surface area contributed by atoms with E-state index in [2.05, 4.69) is 36.1 Å². The van der Waals surface area contributed by atoms with Crippen molar-refractivity contribution in [3.63, 3.8) is 0 Å². The van der Waals surface area contributed by atoms with Crippen molar-refractivity contribution in [3.8, 4) is 0 Å². The van der Waals surface area contributed by atoms with E-state index >= 15 is 0 Å². The molecule has 0 saturated carbocycles. The normalized spacial score (nSPS) is 12.0. The molecule has 2 aromatic rings. The summed E-state index contributed by atoms with van der Waals surface area (Å²) in [6.07, 6.45) is 0. The van der Waals surface area contributed by atoms with Gasteiger partial charge in [0.15, 0.2) is 5.82 Å². The molecule has 2 heterocycles. The van der Waals surface area contributed by atoms with E-state index in [1.807, 2.05) is 17.0 Å². The molecule has 0 aliphatic rings. The van der Waals surface area contributed by atoms with Gasteiger partial charge in [-0.3, -0.25) is 0 Å². The Morgan fingerprint density at radius 1 is 1.41 bits per heavy atom. The van der Waals surface area contributed by atoms with Gasteiger partial charge in [-0.2, -0.15) is 0 Å². The highest BCUT2D eigenvalue weighted by atomic mass is 32.1. The summed E-state index contributed by atoms with van der Waals surface area (Å²) < 4.78 is 1.84. The lowest BCUT2D eigenvalue weighted by atomic mass is 9.92. The quantitative estimate of drug-likeness (QED) is 0.886. The summed E-state index contributed by atoms with van der Waals surface area (Å²) in [7, 11) is 0. The molecule has 2 aromatic heterocycles. The second-order valence-corrected chi connectivity index (χ2v) is 6.06. The monoisotopic (exact) mass is 251 g/mol. The number of nitrogens with two attached hydrogens (primary N) is 1. The first kappa shape index (κ1) is 12.0. The zero-order valence-electron chi connectivity index (χ0n) is 10.6. The Morgan fingerprint density at radius 2 is 2.12 bits per heavy atom. The van der Waals surface area contributed by atoms with Crippen molar-refractivity contribution in [2.24, 2.45) is 0 Å². The van der Waals surface area contributed by atoms with E-state index in [0.29, 0.717) is 12.4 Å². The van der Waals surface area contributed by atoms with Crippen molar-refractivity contribution in [3.05, 3.63) is 21.8 Å². The van der Waals surface area contributed by atoms with Gasteiger partial charge in [0.25, 0.3) is 0 Å². The maximum Gasteiger partial charge on any atom is 0.169 e. The van der Waals surface area contributed by atoms with Crippen LogP contribution in [-0.4, -0.2) is 20.0 Å². The fourth-order valence-corrected chi connectivity index (χ4v) is 2.56. The molecule has 0 bridgehead atoms. The first-order chi connectivity index (χ1) is 7.88. The van der Waals surface area contributed by atoms with Crippen molar-refractivity contribution < 1.29 is 0 Å². The highest BCUT2D eigenvalue weighted by Crippen LogP contribution is 2.26. The van der Waals surface area contributed by atoms with Gasteiger partial charge in [0, 0.05) is 16.5 Å². The molecule has 5 nitrogen and oxygen atoms in total. The lowest BCUT2D eigenvalue weighted by molar-refractivity contribution is 0.502. The summed E-state index contributed by atoms with van der Waals surface area (Å²) in [6, 6.07) is 0. The molecule has 0 atom stereocenters. The van der Waals surface area contributed by atoms with Gasteiger partial charge < -0.3 is 5.73 Å². The summed E-state index contributed by atoms with van der Waals surface area (Å²) in [6.45, 7) is 8.93. The Balaban J connectivity index is 2.34. The van der Waals surface area contributed by atoms with Crippen LogP contribution in [0.1, 0.15) is 37.2 Å². The number of hydrogen-bond donors (Lipinski definition) is 1. The molecular weight excluding hydrogens is 234 g/mol.